The van der Waals surface area contributed by atoms with Gasteiger partial charge in [0.25, 0.3) is 5.56 Å². The molecule has 2 N–H and O–H groups in total. The van der Waals surface area contributed by atoms with E-state index in [1.165, 1.54) is 31.4 Å². The Morgan fingerprint density at radius 1 is 1.04 bits per heavy atom. The van der Waals surface area contributed by atoms with Gasteiger partial charge in [-0.3, -0.25) is 9.89 Å². The van der Waals surface area contributed by atoms with E-state index < -0.39 is 0 Å². The van der Waals surface area contributed by atoms with Gasteiger partial charge in [0.15, 0.2) is 5.52 Å². The van der Waals surface area contributed by atoms with Crippen molar-refractivity contribution in [2.24, 2.45) is 0 Å². The summed E-state index contributed by atoms with van der Waals surface area (Å²) in [5.74, 6) is 0.508. The minimum Gasteiger partial charge on any atom is -0.305 e. The van der Waals surface area contributed by atoms with Crippen LogP contribution in [0.4, 0.5) is 4.39 Å². The Morgan fingerprint density at radius 3 is 2.52 bits per heavy atom. The van der Waals surface area contributed by atoms with E-state index in [1.54, 1.807) is 12.1 Å². The maximum atomic E-state index is 13.1. The number of H-pyrrole nitrogens is 2. The lowest BCUT2D eigenvalue weighted by molar-refractivity contribution is 0.437. The minimum atomic E-state index is -0.316. The topological polar surface area (TPSA) is 74.4 Å². The maximum Gasteiger partial charge on any atom is 0.279 e. The predicted molar refractivity (Wildman–Crippen MR) is 85.7 cm³/mol. The number of rotatable bonds is 2. The van der Waals surface area contributed by atoms with Crippen LogP contribution in [-0.4, -0.2) is 20.2 Å². The van der Waals surface area contributed by atoms with Gasteiger partial charge in [0.2, 0.25) is 0 Å². The minimum absolute atomic E-state index is 0.271. The van der Waals surface area contributed by atoms with Gasteiger partial charge in [0.1, 0.15) is 17.2 Å². The fraction of sp³-hybridized carbons (Fsp3) is 0.353. The van der Waals surface area contributed by atoms with Crippen LogP contribution in [0.3, 0.4) is 0 Å². The summed E-state index contributed by atoms with van der Waals surface area (Å²) in [5.41, 5.74) is 2.35. The second-order valence-corrected chi connectivity index (χ2v) is 6.09. The van der Waals surface area contributed by atoms with E-state index in [2.05, 4.69) is 20.2 Å². The van der Waals surface area contributed by atoms with Crippen molar-refractivity contribution in [2.75, 3.05) is 0 Å². The highest BCUT2D eigenvalue weighted by Crippen LogP contribution is 2.34. The first-order chi connectivity index (χ1) is 11.2. The number of nitrogens with zero attached hydrogens (tertiary/aromatic N) is 2. The third kappa shape index (κ3) is 2.54. The van der Waals surface area contributed by atoms with E-state index in [1.807, 2.05) is 0 Å². The summed E-state index contributed by atoms with van der Waals surface area (Å²) in [5, 5.41) is 7.17. The first-order valence-corrected chi connectivity index (χ1v) is 7.96. The molecule has 0 bridgehead atoms. The summed E-state index contributed by atoms with van der Waals surface area (Å²) in [6.07, 6.45) is 5.84. The van der Waals surface area contributed by atoms with Crippen molar-refractivity contribution in [1.82, 2.24) is 20.2 Å². The Morgan fingerprint density at radius 2 is 1.78 bits per heavy atom. The van der Waals surface area contributed by atoms with Gasteiger partial charge in [-0.05, 0) is 37.1 Å². The molecule has 1 saturated carbocycles. The molecule has 1 aromatic carbocycles. The van der Waals surface area contributed by atoms with E-state index in [0.717, 1.165) is 18.5 Å². The third-order valence-electron chi connectivity index (χ3n) is 4.57. The number of fused-ring (bicyclic) bond motifs is 1. The SMILES string of the molecule is O=c1[nH]c(-c2ccc(F)cc2)nc2c(C3CCCCC3)[nH]nc12. The van der Waals surface area contributed by atoms with Gasteiger partial charge in [-0.1, -0.05) is 19.3 Å². The molecular weight excluding hydrogens is 295 g/mol. The second kappa shape index (κ2) is 5.61. The summed E-state index contributed by atoms with van der Waals surface area (Å²) in [7, 11) is 0. The number of hydrogen-bond donors (Lipinski definition) is 2. The molecule has 23 heavy (non-hydrogen) atoms. The van der Waals surface area contributed by atoms with Crippen LogP contribution in [0, 0.1) is 5.82 Å². The van der Waals surface area contributed by atoms with Crippen LogP contribution in [0.2, 0.25) is 0 Å². The number of halogens is 1. The first-order valence-electron chi connectivity index (χ1n) is 7.96. The van der Waals surface area contributed by atoms with E-state index in [-0.39, 0.29) is 11.4 Å². The Bertz CT molecular complexity index is 891. The molecule has 0 unspecified atom stereocenters. The van der Waals surface area contributed by atoms with E-state index in [4.69, 9.17) is 0 Å². The first kappa shape index (κ1) is 14.1. The molecule has 3 aromatic rings. The summed E-state index contributed by atoms with van der Waals surface area (Å²) >= 11 is 0. The highest BCUT2D eigenvalue weighted by Gasteiger charge is 2.22. The zero-order valence-corrected chi connectivity index (χ0v) is 12.6. The fourth-order valence-electron chi connectivity index (χ4n) is 3.35. The largest absolute Gasteiger partial charge is 0.305 e. The number of aromatic amines is 2. The molecule has 1 aliphatic carbocycles. The van der Waals surface area contributed by atoms with E-state index in [9.17, 15) is 9.18 Å². The average Bonchev–Trinajstić information content (AvgIpc) is 3.01. The summed E-state index contributed by atoms with van der Waals surface area (Å²) in [4.78, 5) is 19.6. The van der Waals surface area contributed by atoms with Crippen molar-refractivity contribution >= 4 is 11.0 Å². The standard InChI is InChI=1S/C17H17FN4O/c18-12-8-6-11(7-9-12)16-19-14-13(10-4-2-1-3-5-10)21-22-15(14)17(23)20-16/h6-10H,1-5H2,(H,21,22)(H,19,20,23). The van der Waals surface area contributed by atoms with Crippen LogP contribution in [0.25, 0.3) is 22.4 Å². The van der Waals surface area contributed by atoms with E-state index >= 15 is 0 Å². The van der Waals surface area contributed by atoms with Gasteiger partial charge >= 0.3 is 0 Å². The number of nitrogens with one attached hydrogen (secondary N) is 2. The molecule has 0 atom stereocenters. The average molecular weight is 312 g/mol. The monoisotopic (exact) mass is 312 g/mol. The van der Waals surface area contributed by atoms with Crippen molar-refractivity contribution in [3.05, 3.63) is 46.1 Å². The van der Waals surface area contributed by atoms with E-state index in [0.29, 0.717) is 28.3 Å². The van der Waals surface area contributed by atoms with Gasteiger partial charge in [0.05, 0.1) is 5.69 Å². The summed E-state index contributed by atoms with van der Waals surface area (Å²) in [6, 6.07) is 5.94. The molecule has 2 heterocycles. The number of hydrogen-bond acceptors (Lipinski definition) is 3. The van der Waals surface area contributed by atoms with Crippen LogP contribution < -0.4 is 5.56 Å². The highest BCUT2D eigenvalue weighted by molar-refractivity contribution is 5.78. The summed E-state index contributed by atoms with van der Waals surface area (Å²) in [6.45, 7) is 0. The van der Waals surface area contributed by atoms with Crippen molar-refractivity contribution in [2.45, 2.75) is 38.0 Å². The smallest absolute Gasteiger partial charge is 0.279 e. The Labute approximate surface area is 132 Å². The second-order valence-electron chi connectivity index (χ2n) is 6.09. The Kier molecular flexibility index (Phi) is 3.44. The maximum absolute atomic E-state index is 13.1. The Balaban J connectivity index is 1.84. The van der Waals surface area contributed by atoms with Crippen LogP contribution in [0.15, 0.2) is 29.1 Å². The number of aromatic nitrogens is 4. The molecule has 0 spiro atoms. The zero-order valence-electron chi connectivity index (χ0n) is 12.6. The van der Waals surface area contributed by atoms with Crippen LogP contribution in [0.5, 0.6) is 0 Å². The molecule has 0 amide bonds. The molecule has 0 radical (unpaired) electrons. The quantitative estimate of drug-likeness (QED) is 0.760. The molecule has 118 valence electrons. The van der Waals surface area contributed by atoms with Gasteiger partial charge in [-0.15, -0.1) is 0 Å². The third-order valence-corrected chi connectivity index (χ3v) is 4.57. The molecule has 2 aromatic heterocycles. The molecular formula is C17H17FN4O. The predicted octanol–water partition coefficient (Wildman–Crippen LogP) is 3.50. The van der Waals surface area contributed by atoms with Crippen LogP contribution >= 0.6 is 0 Å². The van der Waals surface area contributed by atoms with Gasteiger partial charge < -0.3 is 4.98 Å². The lowest BCUT2D eigenvalue weighted by Gasteiger charge is -2.20. The van der Waals surface area contributed by atoms with Crippen molar-refractivity contribution < 1.29 is 4.39 Å². The highest BCUT2D eigenvalue weighted by atomic mass is 19.1. The lowest BCUT2D eigenvalue weighted by Crippen LogP contribution is -2.10. The fourth-order valence-corrected chi connectivity index (χ4v) is 3.35. The molecule has 5 nitrogen and oxygen atoms in total. The van der Waals surface area contributed by atoms with Crippen LogP contribution in [0.1, 0.15) is 43.7 Å². The van der Waals surface area contributed by atoms with Crippen molar-refractivity contribution in [3.63, 3.8) is 0 Å². The summed E-state index contributed by atoms with van der Waals surface area (Å²) < 4.78 is 13.1. The Hall–Kier alpha value is -2.50. The normalized spacial score (nSPS) is 16.0. The number of benzene rings is 1. The van der Waals surface area contributed by atoms with Crippen LogP contribution in [-0.2, 0) is 0 Å². The molecule has 6 heteroatoms. The van der Waals surface area contributed by atoms with Gasteiger partial charge in [-0.2, -0.15) is 5.10 Å². The molecule has 0 aliphatic heterocycles. The van der Waals surface area contributed by atoms with Crippen molar-refractivity contribution in [3.8, 4) is 11.4 Å². The van der Waals surface area contributed by atoms with Crippen molar-refractivity contribution in [1.29, 1.82) is 0 Å². The molecule has 1 fully saturated rings. The molecule has 4 rings (SSSR count). The zero-order chi connectivity index (χ0) is 15.8. The molecule has 1 aliphatic rings. The molecule has 0 saturated heterocycles. The van der Waals surface area contributed by atoms with Gasteiger partial charge in [0, 0.05) is 11.5 Å². The van der Waals surface area contributed by atoms with Gasteiger partial charge in [-0.25, -0.2) is 9.37 Å². The lowest BCUT2D eigenvalue weighted by atomic mass is 9.86.